The molecule has 0 aliphatic carbocycles. The van der Waals surface area contributed by atoms with Crippen molar-refractivity contribution in [2.75, 3.05) is 13.1 Å². The molecular weight excluding hydrogens is 354 g/mol. The van der Waals surface area contributed by atoms with E-state index in [1.807, 2.05) is 0 Å². The van der Waals surface area contributed by atoms with E-state index in [4.69, 9.17) is 5.73 Å². The Labute approximate surface area is 156 Å². The molecule has 0 saturated heterocycles. The Kier molecular flexibility index (Phi) is 11.1. The van der Waals surface area contributed by atoms with Crippen molar-refractivity contribution in [3.05, 3.63) is 34.4 Å². The van der Waals surface area contributed by atoms with E-state index >= 15 is 0 Å². The summed E-state index contributed by atoms with van der Waals surface area (Å²) in [6, 6.07) is 5.39. The first kappa shape index (κ1) is 22.5. The molecule has 0 saturated carbocycles. The molecule has 26 heavy (non-hydrogen) atoms. The molecule has 0 radical (unpaired) electrons. The van der Waals surface area contributed by atoms with Gasteiger partial charge in [0.05, 0.1) is 4.92 Å². The number of nitrogens with one attached hydrogen (secondary N) is 1. The third-order valence-electron chi connectivity index (χ3n) is 4.27. The first-order valence-electron chi connectivity index (χ1n) is 9.42. The second-order valence-corrected chi connectivity index (χ2v) is 8.18. The second kappa shape index (κ2) is 12.8. The first-order valence-corrected chi connectivity index (χ1v) is 10.9. The number of nitrogens with zero attached hydrogens (tertiary/aromatic N) is 1. The van der Waals surface area contributed by atoms with Gasteiger partial charge in [-0.05, 0) is 25.5 Å². The van der Waals surface area contributed by atoms with Crippen molar-refractivity contribution in [3.63, 3.8) is 0 Å². The third-order valence-corrected chi connectivity index (χ3v) is 5.78. The van der Waals surface area contributed by atoms with Gasteiger partial charge >= 0.3 is 0 Å². The lowest BCUT2D eigenvalue weighted by Crippen LogP contribution is -2.25. The van der Waals surface area contributed by atoms with Crippen LogP contribution in [0.5, 0.6) is 0 Å². The Bertz CT molecular complexity index is 635. The average molecular weight is 386 g/mol. The van der Waals surface area contributed by atoms with Gasteiger partial charge in [0.15, 0.2) is 4.90 Å². The Morgan fingerprint density at radius 3 is 1.92 bits per heavy atom. The molecule has 0 aliphatic heterocycles. The number of nitro groups is 1. The van der Waals surface area contributed by atoms with E-state index in [1.165, 1.54) is 56.4 Å². The van der Waals surface area contributed by atoms with Gasteiger partial charge in [-0.15, -0.1) is 0 Å². The average Bonchev–Trinajstić information content (AvgIpc) is 2.62. The van der Waals surface area contributed by atoms with Crippen LogP contribution in [-0.2, 0) is 10.0 Å². The van der Waals surface area contributed by atoms with Gasteiger partial charge in [-0.1, -0.05) is 63.5 Å². The summed E-state index contributed by atoms with van der Waals surface area (Å²) < 4.78 is 26.9. The van der Waals surface area contributed by atoms with Crippen LogP contribution in [-0.4, -0.2) is 26.4 Å². The minimum Gasteiger partial charge on any atom is -0.330 e. The number of hydrogen-bond acceptors (Lipinski definition) is 5. The third kappa shape index (κ3) is 8.73. The zero-order valence-corrected chi connectivity index (χ0v) is 16.2. The van der Waals surface area contributed by atoms with E-state index in [9.17, 15) is 18.5 Å². The molecule has 1 aromatic carbocycles. The van der Waals surface area contributed by atoms with E-state index < -0.39 is 20.6 Å². The van der Waals surface area contributed by atoms with Crippen LogP contribution in [0, 0.1) is 10.1 Å². The van der Waals surface area contributed by atoms with Gasteiger partial charge in [0, 0.05) is 12.6 Å². The van der Waals surface area contributed by atoms with E-state index in [0.717, 1.165) is 38.6 Å². The molecule has 0 aliphatic rings. The molecular formula is C18H31N3O4S. The molecule has 0 aromatic heterocycles. The summed E-state index contributed by atoms with van der Waals surface area (Å²) in [5, 5.41) is 11.0. The number of benzene rings is 1. The van der Waals surface area contributed by atoms with Gasteiger partial charge in [0.2, 0.25) is 10.0 Å². The van der Waals surface area contributed by atoms with Crippen LogP contribution in [0.15, 0.2) is 29.2 Å². The summed E-state index contributed by atoms with van der Waals surface area (Å²) in [5.41, 5.74) is 5.06. The number of nitro benzene ring substituents is 1. The number of para-hydroxylation sites is 1. The van der Waals surface area contributed by atoms with Crippen molar-refractivity contribution in [1.29, 1.82) is 0 Å². The van der Waals surface area contributed by atoms with E-state index in [0.29, 0.717) is 6.54 Å². The Balaban J connectivity index is 2.17. The quantitative estimate of drug-likeness (QED) is 0.271. The van der Waals surface area contributed by atoms with Crippen molar-refractivity contribution in [3.8, 4) is 0 Å². The zero-order valence-electron chi connectivity index (χ0n) is 15.4. The van der Waals surface area contributed by atoms with Crippen molar-refractivity contribution < 1.29 is 13.3 Å². The highest BCUT2D eigenvalue weighted by atomic mass is 32.2. The fraction of sp³-hybridized carbons (Fsp3) is 0.667. The van der Waals surface area contributed by atoms with Crippen molar-refractivity contribution in [1.82, 2.24) is 4.72 Å². The van der Waals surface area contributed by atoms with Crippen LogP contribution in [0.25, 0.3) is 0 Å². The summed E-state index contributed by atoms with van der Waals surface area (Å²) in [6.45, 7) is 1.08. The molecule has 0 spiro atoms. The highest BCUT2D eigenvalue weighted by molar-refractivity contribution is 7.89. The molecule has 0 heterocycles. The van der Waals surface area contributed by atoms with E-state index in [1.54, 1.807) is 0 Å². The van der Waals surface area contributed by atoms with Crippen LogP contribution >= 0.6 is 0 Å². The molecule has 3 N–H and O–H groups in total. The predicted molar refractivity (Wildman–Crippen MR) is 104 cm³/mol. The molecule has 8 heteroatoms. The molecule has 1 aromatic rings. The smallest absolute Gasteiger partial charge is 0.289 e. The molecule has 0 unspecified atom stereocenters. The van der Waals surface area contributed by atoms with Gasteiger partial charge in [-0.25, -0.2) is 13.1 Å². The summed E-state index contributed by atoms with van der Waals surface area (Å²) in [6.07, 6.45) is 11.2. The lowest BCUT2D eigenvalue weighted by molar-refractivity contribution is -0.387. The van der Waals surface area contributed by atoms with Gasteiger partial charge in [0.25, 0.3) is 5.69 Å². The van der Waals surface area contributed by atoms with Crippen molar-refractivity contribution in [2.24, 2.45) is 5.73 Å². The summed E-state index contributed by atoms with van der Waals surface area (Å²) >= 11 is 0. The molecule has 0 fully saturated rings. The number of rotatable bonds is 15. The number of sulfonamides is 1. The minimum atomic E-state index is -3.85. The zero-order chi connectivity index (χ0) is 19.3. The van der Waals surface area contributed by atoms with Gasteiger partial charge in [-0.3, -0.25) is 10.1 Å². The van der Waals surface area contributed by atoms with E-state index in [-0.39, 0.29) is 4.90 Å². The molecule has 148 valence electrons. The van der Waals surface area contributed by atoms with Crippen LogP contribution in [0.2, 0.25) is 0 Å². The minimum absolute atomic E-state index is 0.278. The Morgan fingerprint density at radius 1 is 0.885 bits per heavy atom. The molecule has 0 bridgehead atoms. The monoisotopic (exact) mass is 385 g/mol. The fourth-order valence-corrected chi connectivity index (χ4v) is 4.05. The Morgan fingerprint density at radius 2 is 1.38 bits per heavy atom. The largest absolute Gasteiger partial charge is 0.330 e. The van der Waals surface area contributed by atoms with Crippen LogP contribution < -0.4 is 10.5 Å². The second-order valence-electron chi connectivity index (χ2n) is 6.45. The van der Waals surface area contributed by atoms with Gasteiger partial charge < -0.3 is 5.73 Å². The van der Waals surface area contributed by atoms with E-state index in [2.05, 4.69) is 4.72 Å². The Hall–Kier alpha value is -1.51. The van der Waals surface area contributed by atoms with Gasteiger partial charge in [-0.2, -0.15) is 0 Å². The summed E-state index contributed by atoms with van der Waals surface area (Å²) in [5.74, 6) is 0. The van der Waals surface area contributed by atoms with Crippen LogP contribution in [0.1, 0.15) is 64.2 Å². The highest BCUT2D eigenvalue weighted by Gasteiger charge is 2.24. The normalized spacial score (nSPS) is 11.6. The first-order chi connectivity index (χ1) is 12.5. The summed E-state index contributed by atoms with van der Waals surface area (Å²) in [7, 11) is -3.85. The predicted octanol–water partition coefficient (Wildman–Crippen LogP) is 3.73. The van der Waals surface area contributed by atoms with Crippen molar-refractivity contribution >= 4 is 15.7 Å². The fourth-order valence-electron chi connectivity index (χ4n) is 2.80. The van der Waals surface area contributed by atoms with Crippen LogP contribution in [0.4, 0.5) is 5.69 Å². The summed E-state index contributed by atoms with van der Waals surface area (Å²) in [4.78, 5) is 10.00. The van der Waals surface area contributed by atoms with Crippen molar-refractivity contribution in [2.45, 2.75) is 69.1 Å². The number of unbranched alkanes of at least 4 members (excludes halogenated alkanes) is 9. The lowest BCUT2D eigenvalue weighted by atomic mass is 10.1. The SMILES string of the molecule is NCCCCCCCCCCCCNS(=O)(=O)c1ccccc1[N+](=O)[O-]. The van der Waals surface area contributed by atoms with Gasteiger partial charge in [0.1, 0.15) is 0 Å². The molecule has 1 rings (SSSR count). The highest BCUT2D eigenvalue weighted by Crippen LogP contribution is 2.22. The molecule has 0 amide bonds. The number of nitrogens with two attached hydrogens (primary N) is 1. The standard InChI is InChI=1S/C18H31N3O4S/c19-15-11-7-5-3-1-2-4-6-8-12-16-20-26(24,25)18-14-10-9-13-17(18)21(22)23/h9-10,13-14,20H,1-8,11-12,15-16,19H2. The topological polar surface area (TPSA) is 115 Å². The maximum atomic E-state index is 12.2. The van der Waals surface area contributed by atoms with Crippen LogP contribution in [0.3, 0.4) is 0 Å². The molecule has 0 atom stereocenters. The molecule has 7 nitrogen and oxygen atoms in total. The maximum Gasteiger partial charge on any atom is 0.289 e. The lowest BCUT2D eigenvalue weighted by Gasteiger charge is -2.07. The number of hydrogen-bond donors (Lipinski definition) is 2. The maximum absolute atomic E-state index is 12.2.